The van der Waals surface area contributed by atoms with Crippen LogP contribution >= 0.6 is 0 Å². The molecule has 0 bridgehead atoms. The number of amides is 2. The van der Waals surface area contributed by atoms with E-state index < -0.39 is 28.9 Å². The Morgan fingerprint density at radius 2 is 1.91 bits per heavy atom. The molecule has 2 heterocycles. The van der Waals surface area contributed by atoms with E-state index in [4.69, 9.17) is 4.74 Å². The fraction of sp³-hybridized carbons (Fsp3) is 0.533. The van der Waals surface area contributed by atoms with E-state index in [1.54, 1.807) is 13.8 Å². The molecule has 120 valence electrons. The van der Waals surface area contributed by atoms with E-state index in [0.717, 1.165) is 11.8 Å². The zero-order chi connectivity index (χ0) is 16.5. The van der Waals surface area contributed by atoms with E-state index in [2.05, 4.69) is 0 Å². The smallest absolute Gasteiger partial charge is 0.417 e. The minimum absolute atomic E-state index is 0.0576. The van der Waals surface area contributed by atoms with Gasteiger partial charge in [0.25, 0.3) is 11.6 Å². The highest BCUT2D eigenvalue weighted by atomic mass is 19.1. The zero-order valence-corrected chi connectivity index (χ0v) is 12.8. The first-order valence-corrected chi connectivity index (χ1v) is 7.15. The summed E-state index contributed by atoms with van der Waals surface area (Å²) >= 11 is 0. The maximum atomic E-state index is 15.3. The normalized spacial score (nSPS) is 25.9. The fourth-order valence-electron chi connectivity index (χ4n) is 2.83. The van der Waals surface area contributed by atoms with Gasteiger partial charge in [0.15, 0.2) is 5.78 Å². The molecule has 0 N–H and O–H groups in total. The first-order valence-electron chi connectivity index (χ1n) is 7.15. The van der Waals surface area contributed by atoms with Crippen molar-refractivity contribution < 1.29 is 23.5 Å². The van der Waals surface area contributed by atoms with Crippen LogP contribution in [-0.2, 0) is 14.3 Å². The molecule has 0 aliphatic carbocycles. The third kappa shape index (κ3) is 2.12. The second-order valence-electron chi connectivity index (χ2n) is 5.31. The Morgan fingerprint density at radius 1 is 1.32 bits per heavy atom. The van der Waals surface area contributed by atoms with Crippen molar-refractivity contribution in [3.8, 4) is 0 Å². The third-order valence-corrected chi connectivity index (χ3v) is 4.09. The minimum atomic E-state index is -2.64. The Morgan fingerprint density at radius 3 is 2.36 bits per heavy atom. The number of nitrogens with zero attached hydrogens (tertiary/aromatic N) is 2. The van der Waals surface area contributed by atoms with E-state index in [1.807, 2.05) is 0 Å². The topological polar surface area (TPSA) is 66.9 Å². The van der Waals surface area contributed by atoms with Crippen molar-refractivity contribution >= 4 is 17.8 Å². The summed E-state index contributed by atoms with van der Waals surface area (Å²) in [6, 6.07) is 0. The molecule has 1 fully saturated rings. The van der Waals surface area contributed by atoms with Crippen molar-refractivity contribution in [2.45, 2.75) is 26.4 Å². The largest absolute Gasteiger partial charge is 0.449 e. The highest BCUT2D eigenvalue weighted by Crippen LogP contribution is 2.47. The molecule has 0 radical (unpaired) electrons. The monoisotopic (exact) mass is 310 g/mol. The van der Waals surface area contributed by atoms with Gasteiger partial charge >= 0.3 is 6.09 Å². The summed E-state index contributed by atoms with van der Waals surface area (Å²) in [6.07, 6.45) is 4.84. The Hall–Kier alpha value is -2.18. The van der Waals surface area contributed by atoms with Gasteiger partial charge in [0.05, 0.1) is 12.0 Å². The SMILES string of the molecule is CCOC(=O)N1C=CC2(C=C1)CN(CC)C(=O)C2(F)C(C)=O. The Kier molecular flexibility index (Phi) is 4.08. The summed E-state index contributed by atoms with van der Waals surface area (Å²) < 4.78 is 20.1. The van der Waals surface area contributed by atoms with Crippen molar-refractivity contribution in [3.63, 3.8) is 0 Å². The number of hydrogen-bond acceptors (Lipinski definition) is 4. The number of alkyl halides is 1. The van der Waals surface area contributed by atoms with Gasteiger partial charge in [0, 0.05) is 25.5 Å². The quantitative estimate of drug-likeness (QED) is 0.743. The Bertz CT molecular complexity index is 558. The van der Waals surface area contributed by atoms with Crippen LogP contribution in [0.5, 0.6) is 0 Å². The van der Waals surface area contributed by atoms with Gasteiger partial charge in [-0.2, -0.15) is 0 Å². The van der Waals surface area contributed by atoms with Gasteiger partial charge in [-0.15, -0.1) is 0 Å². The zero-order valence-electron chi connectivity index (χ0n) is 12.8. The van der Waals surface area contributed by atoms with Gasteiger partial charge in [-0.1, -0.05) is 12.2 Å². The lowest BCUT2D eigenvalue weighted by molar-refractivity contribution is -0.147. The molecule has 7 heteroatoms. The predicted molar refractivity (Wildman–Crippen MR) is 76.3 cm³/mol. The van der Waals surface area contributed by atoms with Crippen LogP contribution in [0.25, 0.3) is 0 Å². The maximum Gasteiger partial charge on any atom is 0.417 e. The van der Waals surface area contributed by atoms with Gasteiger partial charge in [0.2, 0.25) is 0 Å². The number of ketones is 1. The number of hydrogen-bond donors (Lipinski definition) is 0. The average Bonchev–Trinajstić information content (AvgIpc) is 2.71. The van der Waals surface area contributed by atoms with Crippen LogP contribution in [0.4, 0.5) is 9.18 Å². The van der Waals surface area contributed by atoms with Crippen molar-refractivity contribution in [2.24, 2.45) is 5.41 Å². The molecule has 1 spiro atoms. The second kappa shape index (κ2) is 5.55. The molecule has 0 aromatic heterocycles. The lowest BCUT2D eigenvalue weighted by Gasteiger charge is -2.33. The second-order valence-corrected chi connectivity index (χ2v) is 5.31. The molecule has 0 aromatic carbocycles. The summed E-state index contributed by atoms with van der Waals surface area (Å²) in [7, 11) is 0. The standard InChI is InChI=1S/C15H19FN2O4/c1-4-17-10-14(15(16,11(3)19)12(17)20)6-8-18(9-7-14)13(21)22-5-2/h6-9H,4-5,10H2,1-3H3. The van der Waals surface area contributed by atoms with Crippen LogP contribution in [-0.4, -0.2) is 52.9 Å². The van der Waals surface area contributed by atoms with Crippen LogP contribution in [0.3, 0.4) is 0 Å². The molecule has 0 saturated carbocycles. The predicted octanol–water partition coefficient (Wildman–Crippen LogP) is 1.63. The van der Waals surface area contributed by atoms with Crippen molar-refractivity contribution in [3.05, 3.63) is 24.6 Å². The van der Waals surface area contributed by atoms with E-state index in [-0.39, 0.29) is 13.2 Å². The number of Topliss-reactive ketones (excluding diaryl/α,β-unsaturated/α-hetero) is 1. The van der Waals surface area contributed by atoms with Gasteiger partial charge < -0.3 is 9.64 Å². The molecule has 1 saturated heterocycles. The molecule has 0 aromatic rings. The molecule has 2 rings (SSSR count). The molecule has 2 aliphatic heterocycles. The van der Waals surface area contributed by atoms with Crippen molar-refractivity contribution in [2.75, 3.05) is 19.7 Å². The van der Waals surface area contributed by atoms with Crippen molar-refractivity contribution in [1.29, 1.82) is 0 Å². The number of halogens is 1. The highest BCUT2D eigenvalue weighted by Gasteiger charge is 2.66. The minimum Gasteiger partial charge on any atom is -0.449 e. The highest BCUT2D eigenvalue weighted by molar-refractivity contribution is 6.11. The van der Waals surface area contributed by atoms with Crippen molar-refractivity contribution in [1.82, 2.24) is 9.80 Å². The van der Waals surface area contributed by atoms with E-state index >= 15 is 4.39 Å². The Balaban J connectivity index is 2.37. The van der Waals surface area contributed by atoms with Crippen LogP contribution in [0, 0.1) is 5.41 Å². The summed E-state index contributed by atoms with van der Waals surface area (Å²) in [6.45, 7) is 5.04. The number of carbonyl (C=O) groups excluding carboxylic acids is 3. The molecule has 1 atom stereocenters. The van der Waals surface area contributed by atoms with E-state index in [9.17, 15) is 14.4 Å². The number of rotatable bonds is 3. The molecule has 22 heavy (non-hydrogen) atoms. The number of carbonyl (C=O) groups is 3. The first kappa shape index (κ1) is 16.2. The number of ether oxygens (including phenoxy) is 1. The molecule has 6 nitrogen and oxygen atoms in total. The molecule has 2 amide bonds. The summed E-state index contributed by atoms with van der Waals surface area (Å²) in [5, 5.41) is 0. The van der Waals surface area contributed by atoms with Gasteiger partial charge in [-0.05, 0) is 20.8 Å². The van der Waals surface area contributed by atoms with E-state index in [0.29, 0.717) is 6.54 Å². The molecular weight excluding hydrogens is 291 g/mol. The first-order chi connectivity index (χ1) is 10.3. The lowest BCUT2D eigenvalue weighted by atomic mass is 9.72. The molecular formula is C15H19FN2O4. The number of likely N-dealkylation sites (tertiary alicyclic amines) is 1. The van der Waals surface area contributed by atoms with Crippen LogP contribution in [0.15, 0.2) is 24.6 Å². The van der Waals surface area contributed by atoms with Crippen LogP contribution in [0.2, 0.25) is 0 Å². The molecule has 1 unspecified atom stereocenters. The van der Waals surface area contributed by atoms with Gasteiger partial charge in [-0.3, -0.25) is 14.5 Å². The lowest BCUT2D eigenvalue weighted by Crippen LogP contribution is -2.51. The van der Waals surface area contributed by atoms with Crippen LogP contribution in [0.1, 0.15) is 20.8 Å². The van der Waals surface area contributed by atoms with Gasteiger partial charge in [0.1, 0.15) is 0 Å². The summed E-state index contributed by atoms with van der Waals surface area (Å²) in [4.78, 5) is 38.2. The molecule has 2 aliphatic rings. The maximum absolute atomic E-state index is 15.3. The van der Waals surface area contributed by atoms with Gasteiger partial charge in [-0.25, -0.2) is 9.18 Å². The van der Waals surface area contributed by atoms with E-state index in [1.165, 1.54) is 29.5 Å². The Labute approximate surface area is 128 Å². The average molecular weight is 310 g/mol. The summed E-state index contributed by atoms with van der Waals surface area (Å²) in [5.41, 5.74) is -4.04. The fourth-order valence-corrected chi connectivity index (χ4v) is 2.83. The third-order valence-electron chi connectivity index (χ3n) is 4.09. The van der Waals surface area contributed by atoms with Crippen LogP contribution < -0.4 is 0 Å². The summed E-state index contributed by atoms with van der Waals surface area (Å²) in [5.74, 6) is -1.67.